The van der Waals surface area contributed by atoms with Crippen LogP contribution in [0.3, 0.4) is 0 Å². The van der Waals surface area contributed by atoms with Gasteiger partial charge < -0.3 is 10.1 Å². The van der Waals surface area contributed by atoms with E-state index in [4.69, 9.17) is 4.74 Å². The van der Waals surface area contributed by atoms with E-state index in [1.807, 2.05) is 36.4 Å². The maximum atomic E-state index is 12.1. The Morgan fingerprint density at radius 3 is 2.67 bits per heavy atom. The van der Waals surface area contributed by atoms with E-state index in [1.165, 1.54) is 13.3 Å². The Hall–Kier alpha value is -2.87. The summed E-state index contributed by atoms with van der Waals surface area (Å²) in [7, 11) is 1.52. The molecule has 1 aromatic heterocycles. The zero-order valence-electron chi connectivity index (χ0n) is 11.6. The van der Waals surface area contributed by atoms with E-state index in [2.05, 4.69) is 10.3 Å². The van der Waals surface area contributed by atoms with Crippen LogP contribution in [-0.2, 0) is 11.2 Å². The first-order chi connectivity index (χ1) is 10.2. The van der Waals surface area contributed by atoms with Crippen LogP contribution >= 0.6 is 0 Å². The lowest BCUT2D eigenvalue weighted by atomic mass is 10.00. The fourth-order valence-electron chi connectivity index (χ4n) is 1.85. The summed E-state index contributed by atoms with van der Waals surface area (Å²) in [6.07, 6.45) is 1.88. The van der Waals surface area contributed by atoms with Gasteiger partial charge in [0.1, 0.15) is 5.92 Å². The molecule has 1 amide bonds. The number of carbonyl (C=O) groups excluding carboxylic acids is 1. The van der Waals surface area contributed by atoms with Gasteiger partial charge in [-0.2, -0.15) is 5.26 Å². The minimum atomic E-state index is -0.741. The average Bonchev–Trinajstić information content (AvgIpc) is 2.54. The predicted octanol–water partition coefficient (Wildman–Crippen LogP) is 2.41. The summed E-state index contributed by atoms with van der Waals surface area (Å²) < 4.78 is 4.95. The molecule has 106 valence electrons. The van der Waals surface area contributed by atoms with Crippen molar-refractivity contribution in [3.8, 4) is 11.9 Å². The van der Waals surface area contributed by atoms with Gasteiger partial charge in [-0.1, -0.05) is 30.3 Å². The van der Waals surface area contributed by atoms with E-state index in [1.54, 1.807) is 12.1 Å². The van der Waals surface area contributed by atoms with Gasteiger partial charge in [-0.15, -0.1) is 0 Å². The number of nitrogens with zero attached hydrogens (tertiary/aromatic N) is 2. The Kier molecular flexibility index (Phi) is 4.89. The van der Waals surface area contributed by atoms with Crippen molar-refractivity contribution in [3.05, 3.63) is 54.2 Å². The van der Waals surface area contributed by atoms with Crippen LogP contribution in [0.2, 0.25) is 0 Å². The molecule has 1 N–H and O–H groups in total. The highest BCUT2D eigenvalue weighted by Gasteiger charge is 2.18. The van der Waals surface area contributed by atoms with E-state index in [0.717, 1.165) is 5.56 Å². The number of nitriles is 1. The van der Waals surface area contributed by atoms with Crippen molar-refractivity contribution in [1.82, 2.24) is 4.98 Å². The van der Waals surface area contributed by atoms with Crippen LogP contribution in [-0.4, -0.2) is 18.0 Å². The topological polar surface area (TPSA) is 75.0 Å². The number of hydrogen-bond acceptors (Lipinski definition) is 4. The summed E-state index contributed by atoms with van der Waals surface area (Å²) in [5, 5.41) is 11.9. The zero-order valence-corrected chi connectivity index (χ0v) is 11.6. The molecule has 21 heavy (non-hydrogen) atoms. The molecule has 5 nitrogen and oxygen atoms in total. The standard InChI is InChI=1S/C16H15N3O2/c1-21-15-8-7-14(11-18-15)19-16(20)13(10-17)9-12-5-3-2-4-6-12/h2-8,11,13H,9H2,1H3,(H,19,20). The number of amides is 1. The van der Waals surface area contributed by atoms with E-state index in [0.29, 0.717) is 18.0 Å². The lowest BCUT2D eigenvalue weighted by molar-refractivity contribution is -0.118. The molecule has 0 bridgehead atoms. The lowest BCUT2D eigenvalue weighted by Gasteiger charge is -2.10. The predicted molar refractivity (Wildman–Crippen MR) is 78.7 cm³/mol. The van der Waals surface area contributed by atoms with Gasteiger partial charge >= 0.3 is 0 Å². The number of aromatic nitrogens is 1. The SMILES string of the molecule is COc1ccc(NC(=O)C(C#N)Cc2ccccc2)cn1. The van der Waals surface area contributed by atoms with Crippen LogP contribution in [0, 0.1) is 17.2 Å². The second-order valence-electron chi connectivity index (χ2n) is 4.45. The van der Waals surface area contributed by atoms with Gasteiger partial charge in [0.25, 0.3) is 0 Å². The molecule has 1 aromatic carbocycles. The molecule has 0 fully saturated rings. The second kappa shape index (κ2) is 7.06. The van der Waals surface area contributed by atoms with E-state index in [-0.39, 0.29) is 5.91 Å². The normalized spacial score (nSPS) is 11.2. The summed E-state index contributed by atoms with van der Waals surface area (Å²) in [6.45, 7) is 0. The quantitative estimate of drug-likeness (QED) is 0.913. The number of pyridine rings is 1. The van der Waals surface area contributed by atoms with Crippen molar-refractivity contribution >= 4 is 11.6 Å². The van der Waals surface area contributed by atoms with E-state index < -0.39 is 5.92 Å². The van der Waals surface area contributed by atoms with Gasteiger partial charge in [0.2, 0.25) is 11.8 Å². The van der Waals surface area contributed by atoms with Crippen LogP contribution < -0.4 is 10.1 Å². The van der Waals surface area contributed by atoms with Gasteiger partial charge in [0.15, 0.2) is 0 Å². The van der Waals surface area contributed by atoms with Crippen LogP contribution in [0.25, 0.3) is 0 Å². The van der Waals surface area contributed by atoms with Crippen molar-refractivity contribution in [2.24, 2.45) is 5.92 Å². The third-order valence-corrected chi connectivity index (χ3v) is 2.97. The van der Waals surface area contributed by atoms with Gasteiger partial charge in [-0.05, 0) is 18.1 Å². The Labute approximate surface area is 123 Å². The summed E-state index contributed by atoms with van der Waals surface area (Å²) >= 11 is 0. The van der Waals surface area contributed by atoms with Gasteiger partial charge in [-0.25, -0.2) is 4.98 Å². The molecule has 1 heterocycles. The van der Waals surface area contributed by atoms with Crippen molar-refractivity contribution in [1.29, 1.82) is 5.26 Å². The maximum absolute atomic E-state index is 12.1. The van der Waals surface area contributed by atoms with Crippen LogP contribution in [0.5, 0.6) is 5.88 Å². The molecule has 0 spiro atoms. The number of methoxy groups -OCH3 is 1. The first-order valence-corrected chi connectivity index (χ1v) is 6.47. The third-order valence-electron chi connectivity index (χ3n) is 2.97. The third kappa shape index (κ3) is 4.05. The summed E-state index contributed by atoms with van der Waals surface area (Å²) in [6, 6.07) is 14.8. The first-order valence-electron chi connectivity index (χ1n) is 6.47. The molecule has 1 atom stereocenters. The monoisotopic (exact) mass is 281 g/mol. The molecule has 0 saturated carbocycles. The first kappa shape index (κ1) is 14.5. The molecular weight excluding hydrogens is 266 g/mol. The Bertz CT molecular complexity index is 633. The highest BCUT2D eigenvalue weighted by molar-refractivity contribution is 5.94. The average molecular weight is 281 g/mol. The Morgan fingerprint density at radius 1 is 1.33 bits per heavy atom. The molecule has 2 aromatic rings. The second-order valence-corrected chi connectivity index (χ2v) is 4.45. The fourth-order valence-corrected chi connectivity index (χ4v) is 1.85. The number of anilines is 1. The number of benzene rings is 1. The Morgan fingerprint density at radius 2 is 2.10 bits per heavy atom. The highest BCUT2D eigenvalue weighted by atomic mass is 16.5. The number of carbonyl (C=O) groups is 1. The van der Waals surface area contributed by atoms with Gasteiger partial charge in [0.05, 0.1) is 25.1 Å². The summed E-state index contributed by atoms with van der Waals surface area (Å²) in [5.41, 5.74) is 1.49. The minimum absolute atomic E-state index is 0.340. The van der Waals surface area contributed by atoms with Gasteiger partial charge in [-0.3, -0.25) is 4.79 Å². The number of hydrogen-bond donors (Lipinski definition) is 1. The zero-order chi connectivity index (χ0) is 15.1. The molecule has 0 aliphatic heterocycles. The van der Waals surface area contributed by atoms with Crippen LogP contribution in [0.4, 0.5) is 5.69 Å². The van der Waals surface area contributed by atoms with Crippen molar-refractivity contribution < 1.29 is 9.53 Å². The van der Waals surface area contributed by atoms with Crippen molar-refractivity contribution in [2.75, 3.05) is 12.4 Å². The molecule has 0 aliphatic rings. The Balaban J connectivity index is 2.01. The largest absolute Gasteiger partial charge is 0.481 e. The number of nitrogens with one attached hydrogen (secondary N) is 1. The highest BCUT2D eigenvalue weighted by Crippen LogP contribution is 2.14. The molecule has 2 rings (SSSR count). The smallest absolute Gasteiger partial charge is 0.242 e. The van der Waals surface area contributed by atoms with Crippen molar-refractivity contribution in [3.63, 3.8) is 0 Å². The summed E-state index contributed by atoms with van der Waals surface area (Å²) in [5.74, 6) is -0.614. The molecule has 0 aliphatic carbocycles. The minimum Gasteiger partial charge on any atom is -0.481 e. The maximum Gasteiger partial charge on any atom is 0.242 e. The number of ether oxygens (including phenoxy) is 1. The molecule has 1 unspecified atom stereocenters. The molecule has 0 saturated heterocycles. The van der Waals surface area contributed by atoms with Crippen LogP contribution in [0.1, 0.15) is 5.56 Å². The lowest BCUT2D eigenvalue weighted by Crippen LogP contribution is -2.23. The molecular formula is C16H15N3O2. The molecule has 5 heteroatoms. The van der Waals surface area contributed by atoms with E-state index >= 15 is 0 Å². The fraction of sp³-hybridized carbons (Fsp3) is 0.188. The van der Waals surface area contributed by atoms with Crippen LogP contribution in [0.15, 0.2) is 48.7 Å². The van der Waals surface area contributed by atoms with Gasteiger partial charge in [0, 0.05) is 6.07 Å². The van der Waals surface area contributed by atoms with Crippen molar-refractivity contribution in [2.45, 2.75) is 6.42 Å². The summed E-state index contributed by atoms with van der Waals surface area (Å²) in [4.78, 5) is 16.1. The number of rotatable bonds is 5. The van der Waals surface area contributed by atoms with E-state index in [9.17, 15) is 10.1 Å². The molecule has 0 radical (unpaired) electrons.